The number of nitrogens with one attached hydrogen (secondary N) is 1. The van der Waals surface area contributed by atoms with Gasteiger partial charge in [-0.05, 0) is 48.2 Å². The van der Waals surface area contributed by atoms with Crippen LogP contribution in [0, 0.1) is 0 Å². The van der Waals surface area contributed by atoms with E-state index in [0.29, 0.717) is 12.8 Å². The third kappa shape index (κ3) is 5.81. The van der Waals surface area contributed by atoms with E-state index in [1.807, 2.05) is 42.5 Å². The summed E-state index contributed by atoms with van der Waals surface area (Å²) in [4.78, 5) is 28.9. The molecule has 144 valence electrons. The molecule has 0 aliphatic carbocycles. The van der Waals surface area contributed by atoms with Crippen LogP contribution in [0.25, 0.3) is 0 Å². The zero-order valence-corrected chi connectivity index (χ0v) is 15.4. The number of nitrogens with zero attached hydrogens (tertiary/aromatic N) is 1. The number of aryl methyl sites for hydroxylation is 1. The molecule has 0 saturated carbocycles. The fourth-order valence-electron chi connectivity index (χ4n) is 2.78. The highest BCUT2D eigenvalue weighted by Crippen LogP contribution is 2.08. The Bertz CT molecular complexity index is 864. The second-order valence-electron chi connectivity index (χ2n) is 6.32. The van der Waals surface area contributed by atoms with Crippen LogP contribution < -0.4 is 5.32 Å². The maximum Gasteiger partial charge on any atom is 0.328 e. The lowest BCUT2D eigenvalue weighted by Gasteiger charge is -2.17. The second kappa shape index (κ2) is 10.1. The highest BCUT2D eigenvalue weighted by molar-refractivity contribution is 5.94. The maximum atomic E-state index is 12.6. The van der Waals surface area contributed by atoms with Crippen LogP contribution in [-0.2, 0) is 22.4 Å². The van der Waals surface area contributed by atoms with Crippen molar-refractivity contribution < 1.29 is 18.7 Å². The summed E-state index contributed by atoms with van der Waals surface area (Å²) in [5.74, 6) is -0.748. The predicted octanol–water partition coefficient (Wildman–Crippen LogP) is 3.19. The lowest BCUT2D eigenvalue weighted by molar-refractivity contribution is -0.146. The van der Waals surface area contributed by atoms with Crippen molar-refractivity contribution >= 4 is 11.9 Å². The van der Waals surface area contributed by atoms with E-state index in [1.165, 1.54) is 6.26 Å². The fraction of sp³-hybridized carbons (Fsp3) is 0.227. The van der Waals surface area contributed by atoms with E-state index in [-0.39, 0.29) is 12.4 Å². The summed E-state index contributed by atoms with van der Waals surface area (Å²) in [6.07, 6.45) is 6.72. The molecule has 2 aromatic heterocycles. The molecule has 0 aliphatic heterocycles. The smallest absolute Gasteiger partial charge is 0.328 e. The van der Waals surface area contributed by atoms with Crippen LogP contribution >= 0.6 is 0 Å². The summed E-state index contributed by atoms with van der Waals surface area (Å²) < 4.78 is 10.5. The average molecular weight is 378 g/mol. The zero-order valence-electron chi connectivity index (χ0n) is 15.4. The van der Waals surface area contributed by atoms with Crippen LogP contribution in [0.5, 0.6) is 0 Å². The molecule has 1 aromatic carbocycles. The van der Waals surface area contributed by atoms with Crippen molar-refractivity contribution in [3.8, 4) is 0 Å². The Labute approximate surface area is 163 Å². The topological polar surface area (TPSA) is 81.4 Å². The number of ether oxygens (including phenoxy) is 1. The Balaban J connectivity index is 1.56. The lowest BCUT2D eigenvalue weighted by atomic mass is 10.1. The van der Waals surface area contributed by atoms with E-state index in [2.05, 4.69) is 10.3 Å². The molecule has 3 rings (SSSR count). The van der Waals surface area contributed by atoms with Crippen molar-refractivity contribution in [3.63, 3.8) is 0 Å². The van der Waals surface area contributed by atoms with Gasteiger partial charge in [0.15, 0.2) is 5.76 Å². The van der Waals surface area contributed by atoms with Crippen molar-refractivity contribution in [3.05, 3.63) is 90.1 Å². The van der Waals surface area contributed by atoms with E-state index in [1.54, 1.807) is 24.5 Å². The zero-order chi connectivity index (χ0) is 19.6. The Morgan fingerprint density at radius 2 is 1.79 bits per heavy atom. The van der Waals surface area contributed by atoms with Gasteiger partial charge in [0.1, 0.15) is 6.04 Å². The van der Waals surface area contributed by atoms with Gasteiger partial charge in [-0.3, -0.25) is 9.78 Å². The first-order valence-corrected chi connectivity index (χ1v) is 9.16. The molecule has 0 spiro atoms. The number of carbonyl (C=O) groups is 2. The monoisotopic (exact) mass is 378 g/mol. The van der Waals surface area contributed by atoms with Gasteiger partial charge in [-0.15, -0.1) is 0 Å². The SMILES string of the molecule is O=C(NC(Cc1ccccc1)C(=O)OCCCc1ccncc1)c1ccco1. The van der Waals surface area contributed by atoms with Crippen LogP contribution in [0.15, 0.2) is 77.7 Å². The van der Waals surface area contributed by atoms with Gasteiger partial charge in [-0.2, -0.15) is 0 Å². The Kier molecular flexibility index (Phi) is 6.95. The molecule has 1 unspecified atom stereocenters. The molecule has 0 aliphatic rings. The van der Waals surface area contributed by atoms with Crippen molar-refractivity contribution in [2.24, 2.45) is 0 Å². The summed E-state index contributed by atoms with van der Waals surface area (Å²) in [6, 6.07) is 15.7. The third-order valence-corrected chi connectivity index (χ3v) is 4.22. The second-order valence-corrected chi connectivity index (χ2v) is 6.32. The quantitative estimate of drug-likeness (QED) is 0.457. The van der Waals surface area contributed by atoms with Crippen LogP contribution in [0.4, 0.5) is 0 Å². The summed E-state index contributed by atoms with van der Waals surface area (Å²) in [7, 11) is 0. The Morgan fingerprint density at radius 3 is 2.50 bits per heavy atom. The summed E-state index contributed by atoms with van der Waals surface area (Å²) in [5.41, 5.74) is 2.07. The first kappa shape index (κ1) is 19.4. The number of rotatable bonds is 9. The molecule has 0 saturated heterocycles. The molecular formula is C22H22N2O4. The molecular weight excluding hydrogens is 356 g/mol. The molecule has 1 N–H and O–H groups in total. The van der Waals surface area contributed by atoms with Crippen LogP contribution in [0.2, 0.25) is 0 Å². The van der Waals surface area contributed by atoms with E-state index >= 15 is 0 Å². The molecule has 6 heteroatoms. The number of furan rings is 1. The molecule has 0 bridgehead atoms. The van der Waals surface area contributed by atoms with Gasteiger partial charge < -0.3 is 14.5 Å². The largest absolute Gasteiger partial charge is 0.464 e. The number of benzene rings is 1. The number of pyridine rings is 1. The van der Waals surface area contributed by atoms with E-state index in [0.717, 1.165) is 17.5 Å². The number of amides is 1. The first-order chi connectivity index (χ1) is 13.7. The van der Waals surface area contributed by atoms with Gasteiger partial charge in [-0.1, -0.05) is 30.3 Å². The van der Waals surface area contributed by atoms with Gasteiger partial charge >= 0.3 is 5.97 Å². The van der Waals surface area contributed by atoms with E-state index in [4.69, 9.17) is 9.15 Å². The highest BCUT2D eigenvalue weighted by atomic mass is 16.5. The number of esters is 1. The summed E-state index contributed by atoms with van der Waals surface area (Å²) >= 11 is 0. The molecule has 0 fully saturated rings. The van der Waals surface area contributed by atoms with Crippen molar-refractivity contribution in [2.45, 2.75) is 25.3 Å². The maximum absolute atomic E-state index is 12.6. The number of hydrogen-bond donors (Lipinski definition) is 1. The Hall–Kier alpha value is -3.41. The predicted molar refractivity (Wildman–Crippen MR) is 104 cm³/mol. The van der Waals surface area contributed by atoms with Crippen molar-refractivity contribution in [1.29, 1.82) is 0 Å². The minimum atomic E-state index is -0.791. The van der Waals surface area contributed by atoms with Crippen LogP contribution in [-0.4, -0.2) is 29.5 Å². The number of hydrogen-bond acceptors (Lipinski definition) is 5. The third-order valence-electron chi connectivity index (χ3n) is 4.22. The first-order valence-electron chi connectivity index (χ1n) is 9.16. The minimum absolute atomic E-state index is 0.156. The normalized spacial score (nSPS) is 11.6. The van der Waals surface area contributed by atoms with Crippen molar-refractivity contribution in [1.82, 2.24) is 10.3 Å². The Morgan fingerprint density at radius 1 is 1.00 bits per heavy atom. The average Bonchev–Trinajstić information content (AvgIpc) is 3.27. The molecule has 2 heterocycles. The van der Waals surface area contributed by atoms with Gasteiger partial charge in [0.05, 0.1) is 12.9 Å². The molecule has 0 radical (unpaired) electrons. The van der Waals surface area contributed by atoms with Gasteiger partial charge in [0.2, 0.25) is 0 Å². The van der Waals surface area contributed by atoms with E-state index in [9.17, 15) is 9.59 Å². The lowest BCUT2D eigenvalue weighted by Crippen LogP contribution is -2.43. The summed E-state index contributed by atoms with van der Waals surface area (Å²) in [6.45, 7) is 0.281. The van der Waals surface area contributed by atoms with Gasteiger partial charge in [0, 0.05) is 18.8 Å². The standard InChI is InChI=1S/C22H22N2O4/c25-21(20-9-5-14-27-20)24-19(16-18-6-2-1-3-7-18)22(26)28-15-4-8-17-10-12-23-13-11-17/h1-3,5-7,9-14,19H,4,8,15-16H2,(H,24,25). The highest BCUT2D eigenvalue weighted by Gasteiger charge is 2.24. The molecule has 3 aromatic rings. The molecule has 28 heavy (non-hydrogen) atoms. The van der Waals surface area contributed by atoms with Crippen LogP contribution in [0.3, 0.4) is 0 Å². The minimum Gasteiger partial charge on any atom is -0.464 e. The molecule has 1 amide bonds. The number of aromatic nitrogens is 1. The van der Waals surface area contributed by atoms with Crippen LogP contribution in [0.1, 0.15) is 28.1 Å². The molecule has 6 nitrogen and oxygen atoms in total. The molecule has 1 atom stereocenters. The van der Waals surface area contributed by atoms with E-state index < -0.39 is 17.9 Å². The van der Waals surface area contributed by atoms with Crippen molar-refractivity contribution in [2.75, 3.05) is 6.61 Å². The number of carbonyl (C=O) groups excluding carboxylic acids is 2. The summed E-state index contributed by atoms with van der Waals surface area (Å²) in [5, 5.41) is 2.71. The fourth-order valence-corrected chi connectivity index (χ4v) is 2.78. The van der Waals surface area contributed by atoms with Gasteiger partial charge in [-0.25, -0.2) is 4.79 Å². The van der Waals surface area contributed by atoms with Gasteiger partial charge in [0.25, 0.3) is 5.91 Å².